The number of hydrogen-bond acceptors (Lipinski definition) is 7. The van der Waals surface area contributed by atoms with Crippen molar-refractivity contribution in [1.82, 2.24) is 14.3 Å². The van der Waals surface area contributed by atoms with Crippen molar-refractivity contribution in [2.24, 2.45) is 0 Å². The predicted molar refractivity (Wildman–Crippen MR) is 107 cm³/mol. The number of rotatable bonds is 5. The molecule has 2 aromatic heterocycles. The number of aromatic nitrogens is 3. The molecule has 0 atom stereocenters. The molecule has 0 bridgehead atoms. The van der Waals surface area contributed by atoms with Gasteiger partial charge >= 0.3 is 0 Å². The molecule has 0 aliphatic carbocycles. The second kappa shape index (κ2) is 7.53. The highest BCUT2D eigenvalue weighted by atomic mass is 32.2. The van der Waals surface area contributed by atoms with Gasteiger partial charge in [0, 0.05) is 33.7 Å². The number of aromatic amines is 1. The van der Waals surface area contributed by atoms with Crippen molar-refractivity contribution >= 4 is 49.4 Å². The number of para-hydroxylation sites is 1. The Morgan fingerprint density at radius 1 is 1.36 bits per heavy atom. The Kier molecular flexibility index (Phi) is 5.31. The van der Waals surface area contributed by atoms with E-state index in [1.165, 1.54) is 19.9 Å². The average Bonchev–Trinajstić information content (AvgIpc) is 3.24. The number of nitrogens with zero attached hydrogens (tertiary/aromatic N) is 3. The molecule has 8 nitrogen and oxygen atoms in total. The van der Waals surface area contributed by atoms with Crippen molar-refractivity contribution in [3.05, 3.63) is 41.1 Å². The third kappa shape index (κ3) is 3.67. The summed E-state index contributed by atoms with van der Waals surface area (Å²) in [7, 11) is -3.64. The van der Waals surface area contributed by atoms with Gasteiger partial charge in [-0.3, -0.25) is 10.1 Å². The molecule has 3 rings (SSSR count). The highest BCUT2D eigenvalue weighted by Gasteiger charge is 2.25. The molecule has 1 amide bonds. The number of sulfone groups is 1. The first-order valence-corrected chi connectivity index (χ1v) is 10.6. The molecule has 10 heteroatoms. The predicted octanol–water partition coefficient (Wildman–Crippen LogP) is 3.06. The lowest BCUT2D eigenvalue weighted by molar-refractivity contribution is -0.112. The van der Waals surface area contributed by atoms with E-state index in [2.05, 4.69) is 19.7 Å². The SMILES string of the molecule is Cc1[nH]c2ccccc2c1/C=C(/C#N)C(=O)Nc1nc(S(=O)(=O)C(C)C)ns1. The third-order valence-corrected chi connectivity index (χ3v) is 6.78. The first kappa shape index (κ1) is 19.7. The number of nitriles is 1. The lowest BCUT2D eigenvalue weighted by Crippen LogP contribution is -2.16. The molecule has 2 heterocycles. The van der Waals surface area contributed by atoms with Crippen molar-refractivity contribution in [2.75, 3.05) is 5.32 Å². The lowest BCUT2D eigenvalue weighted by Gasteiger charge is -2.02. The fourth-order valence-electron chi connectivity index (χ4n) is 2.53. The number of anilines is 1. The van der Waals surface area contributed by atoms with Gasteiger partial charge in [-0.15, -0.1) is 0 Å². The molecule has 28 heavy (non-hydrogen) atoms. The first-order chi connectivity index (χ1) is 13.2. The van der Waals surface area contributed by atoms with Gasteiger partial charge in [-0.05, 0) is 32.9 Å². The normalized spacial score (nSPS) is 12.3. The lowest BCUT2D eigenvalue weighted by atomic mass is 10.1. The van der Waals surface area contributed by atoms with E-state index in [1.807, 2.05) is 37.3 Å². The summed E-state index contributed by atoms with van der Waals surface area (Å²) in [5.41, 5.74) is 2.33. The third-order valence-electron chi connectivity index (χ3n) is 4.10. The molecular formula is C18H17N5O3S2. The number of fused-ring (bicyclic) bond motifs is 1. The number of nitrogens with one attached hydrogen (secondary N) is 2. The van der Waals surface area contributed by atoms with Crippen LogP contribution in [0.25, 0.3) is 17.0 Å². The van der Waals surface area contributed by atoms with Crippen molar-refractivity contribution in [1.29, 1.82) is 5.26 Å². The van der Waals surface area contributed by atoms with Gasteiger partial charge in [-0.25, -0.2) is 8.42 Å². The number of hydrogen-bond donors (Lipinski definition) is 2. The standard InChI is InChI=1S/C18H17N5O3S2/c1-10(2)28(25,26)18-22-17(27-23-18)21-16(24)12(9-19)8-14-11(3)20-15-7-5-4-6-13(14)15/h4-8,10,20H,1-3H3,(H,21,22,23,24)/b12-8-. The van der Waals surface area contributed by atoms with Crippen molar-refractivity contribution in [3.8, 4) is 6.07 Å². The maximum Gasteiger partial charge on any atom is 0.268 e. The first-order valence-electron chi connectivity index (χ1n) is 8.32. The Morgan fingerprint density at radius 3 is 2.75 bits per heavy atom. The van der Waals surface area contributed by atoms with E-state index in [-0.39, 0.29) is 15.9 Å². The van der Waals surface area contributed by atoms with E-state index in [0.717, 1.165) is 33.7 Å². The van der Waals surface area contributed by atoms with Crippen LogP contribution in [-0.2, 0) is 14.6 Å². The fourth-order valence-corrected chi connectivity index (χ4v) is 4.23. The Hall–Kier alpha value is -3.03. The van der Waals surface area contributed by atoms with E-state index in [4.69, 9.17) is 0 Å². The topological polar surface area (TPSA) is 129 Å². The van der Waals surface area contributed by atoms with Gasteiger partial charge in [0.05, 0.1) is 5.25 Å². The zero-order chi connectivity index (χ0) is 20.5. The summed E-state index contributed by atoms with van der Waals surface area (Å²) < 4.78 is 28.0. The smallest absolute Gasteiger partial charge is 0.268 e. The Bertz CT molecular complexity index is 1230. The van der Waals surface area contributed by atoms with Crippen molar-refractivity contribution in [2.45, 2.75) is 31.2 Å². The molecule has 0 aliphatic heterocycles. The summed E-state index contributed by atoms with van der Waals surface area (Å²) in [4.78, 5) is 19.6. The van der Waals surface area contributed by atoms with Crippen LogP contribution in [0.4, 0.5) is 5.13 Å². The molecule has 0 unspecified atom stereocenters. The molecule has 0 saturated carbocycles. The summed E-state index contributed by atoms with van der Waals surface area (Å²) in [6.07, 6.45) is 1.50. The summed E-state index contributed by atoms with van der Waals surface area (Å²) in [6, 6.07) is 9.44. The number of H-pyrrole nitrogens is 1. The molecule has 0 spiro atoms. The number of aryl methyl sites for hydroxylation is 1. The monoisotopic (exact) mass is 415 g/mol. The van der Waals surface area contributed by atoms with Crippen LogP contribution in [0.2, 0.25) is 0 Å². The molecular weight excluding hydrogens is 398 g/mol. The number of benzene rings is 1. The van der Waals surface area contributed by atoms with Crippen LogP contribution in [0, 0.1) is 18.3 Å². The average molecular weight is 416 g/mol. The minimum Gasteiger partial charge on any atom is -0.358 e. The quantitative estimate of drug-likeness (QED) is 0.487. The van der Waals surface area contributed by atoms with Gasteiger partial charge in [0.25, 0.3) is 11.1 Å². The Labute approximate surface area is 166 Å². The van der Waals surface area contributed by atoms with E-state index in [0.29, 0.717) is 0 Å². The molecule has 0 aliphatic rings. The van der Waals surface area contributed by atoms with Gasteiger partial charge in [-0.1, -0.05) is 18.2 Å². The van der Waals surface area contributed by atoms with E-state index < -0.39 is 21.0 Å². The number of carbonyl (C=O) groups excluding carboxylic acids is 1. The van der Waals surface area contributed by atoms with Crippen LogP contribution in [0.1, 0.15) is 25.1 Å². The molecule has 0 fully saturated rings. The van der Waals surface area contributed by atoms with Crippen LogP contribution in [0.5, 0.6) is 0 Å². The minimum absolute atomic E-state index is 0.0148. The second-order valence-corrected chi connectivity index (χ2v) is 9.46. The zero-order valence-corrected chi connectivity index (χ0v) is 17.0. The Balaban J connectivity index is 1.89. The molecule has 0 saturated heterocycles. The zero-order valence-electron chi connectivity index (χ0n) is 15.3. The van der Waals surface area contributed by atoms with Gasteiger partial charge < -0.3 is 4.98 Å². The van der Waals surface area contributed by atoms with Gasteiger partial charge in [0.1, 0.15) is 11.6 Å². The van der Waals surface area contributed by atoms with E-state index >= 15 is 0 Å². The Morgan fingerprint density at radius 2 is 2.07 bits per heavy atom. The maximum atomic E-state index is 12.5. The summed E-state index contributed by atoms with van der Waals surface area (Å²) in [5.74, 6) is -0.683. The van der Waals surface area contributed by atoms with Crippen LogP contribution in [0.3, 0.4) is 0 Å². The minimum atomic E-state index is -3.64. The molecule has 2 N–H and O–H groups in total. The van der Waals surface area contributed by atoms with Crippen LogP contribution in [-0.4, -0.2) is 33.9 Å². The summed E-state index contributed by atoms with van der Waals surface area (Å²) in [5, 5.41) is 11.8. The molecule has 3 aromatic rings. The molecule has 144 valence electrons. The number of amides is 1. The molecule has 0 radical (unpaired) electrons. The number of carbonyl (C=O) groups is 1. The van der Waals surface area contributed by atoms with Crippen molar-refractivity contribution < 1.29 is 13.2 Å². The second-order valence-electron chi connectivity index (χ2n) is 6.31. The van der Waals surface area contributed by atoms with Crippen LogP contribution >= 0.6 is 11.5 Å². The van der Waals surface area contributed by atoms with Gasteiger partial charge in [-0.2, -0.15) is 14.6 Å². The van der Waals surface area contributed by atoms with Gasteiger partial charge in [0.2, 0.25) is 15.0 Å². The maximum absolute atomic E-state index is 12.5. The van der Waals surface area contributed by atoms with E-state index in [9.17, 15) is 18.5 Å². The van der Waals surface area contributed by atoms with E-state index in [1.54, 1.807) is 0 Å². The summed E-state index contributed by atoms with van der Waals surface area (Å²) >= 11 is 0.749. The molecule has 1 aromatic carbocycles. The summed E-state index contributed by atoms with van der Waals surface area (Å²) in [6.45, 7) is 4.90. The van der Waals surface area contributed by atoms with Crippen molar-refractivity contribution in [3.63, 3.8) is 0 Å². The highest BCUT2D eigenvalue weighted by Crippen LogP contribution is 2.25. The highest BCUT2D eigenvalue weighted by molar-refractivity contribution is 7.91. The fraction of sp³-hybridized carbons (Fsp3) is 0.222. The van der Waals surface area contributed by atoms with Gasteiger partial charge in [0.15, 0.2) is 0 Å². The van der Waals surface area contributed by atoms with Crippen LogP contribution < -0.4 is 5.32 Å². The van der Waals surface area contributed by atoms with Crippen LogP contribution in [0.15, 0.2) is 35.0 Å². The largest absolute Gasteiger partial charge is 0.358 e.